The molecule has 4 rings (SSSR count). The van der Waals surface area contributed by atoms with Crippen LogP contribution in [0.4, 0.5) is 0 Å². The molecule has 0 spiro atoms. The van der Waals surface area contributed by atoms with Gasteiger partial charge in [0, 0.05) is 54.1 Å². The molecule has 1 aromatic carbocycles. The molecule has 0 N–H and O–H groups in total. The molecular weight excluding hydrogens is 298 g/mol. The van der Waals surface area contributed by atoms with Crippen molar-refractivity contribution in [2.75, 3.05) is 0 Å². The number of fused-ring (bicyclic) bond motifs is 3. The van der Waals surface area contributed by atoms with Crippen molar-refractivity contribution in [3.05, 3.63) is 54.2 Å². The Labute approximate surface area is 135 Å². The Bertz CT molecular complexity index is 820. The number of benzene rings is 1. The second-order valence-electron chi connectivity index (χ2n) is 5.76. The molecular formula is C17H18ClN3O. The molecule has 2 aromatic heterocycles. The molecule has 22 heavy (non-hydrogen) atoms. The monoisotopic (exact) mass is 315 g/mol. The number of Topliss-reactive ketones (excluding diaryl/α,β-unsaturated/α-hetero) is 1. The fraction of sp³-hybridized carbons (Fsp3) is 0.294. The van der Waals surface area contributed by atoms with Crippen LogP contribution in [-0.2, 0) is 20.0 Å². The van der Waals surface area contributed by atoms with Crippen LogP contribution in [0.25, 0.3) is 10.9 Å². The first-order chi connectivity index (χ1) is 10.3. The van der Waals surface area contributed by atoms with Crippen molar-refractivity contribution >= 4 is 29.1 Å². The topological polar surface area (TPSA) is 39.8 Å². The molecule has 3 aromatic rings. The third-order valence-corrected chi connectivity index (χ3v) is 4.57. The van der Waals surface area contributed by atoms with E-state index in [1.165, 1.54) is 5.69 Å². The van der Waals surface area contributed by atoms with E-state index in [0.29, 0.717) is 0 Å². The van der Waals surface area contributed by atoms with Crippen molar-refractivity contribution in [1.29, 1.82) is 0 Å². The van der Waals surface area contributed by atoms with E-state index in [1.807, 2.05) is 22.9 Å². The summed E-state index contributed by atoms with van der Waals surface area (Å²) in [6.45, 7) is 0.724. The molecule has 0 saturated carbocycles. The summed E-state index contributed by atoms with van der Waals surface area (Å²) in [5.41, 5.74) is 3.27. The first-order valence-corrected chi connectivity index (χ1v) is 7.32. The third kappa shape index (κ3) is 2.15. The first-order valence-electron chi connectivity index (χ1n) is 7.32. The van der Waals surface area contributed by atoms with Crippen molar-refractivity contribution in [2.45, 2.75) is 19.4 Å². The maximum absolute atomic E-state index is 12.9. The number of ketones is 1. The first kappa shape index (κ1) is 14.9. The number of carbonyl (C=O) groups is 1. The number of halogens is 1. The maximum atomic E-state index is 12.9. The fourth-order valence-electron chi connectivity index (χ4n) is 3.48. The molecule has 0 bridgehead atoms. The van der Waals surface area contributed by atoms with Crippen molar-refractivity contribution < 1.29 is 4.79 Å². The number of hydrogen-bond acceptors (Lipinski definition) is 2. The summed E-state index contributed by atoms with van der Waals surface area (Å²) in [5.74, 6) is 0.333. The summed E-state index contributed by atoms with van der Waals surface area (Å²) in [5, 5.41) is 1.09. The van der Waals surface area contributed by atoms with Gasteiger partial charge in [0.1, 0.15) is 0 Å². The fourth-order valence-corrected chi connectivity index (χ4v) is 3.48. The Morgan fingerprint density at radius 1 is 1.32 bits per heavy atom. The molecule has 0 radical (unpaired) electrons. The van der Waals surface area contributed by atoms with Gasteiger partial charge in [0.25, 0.3) is 0 Å². The lowest BCUT2D eigenvalue weighted by atomic mass is 9.85. The molecule has 0 fully saturated rings. The van der Waals surface area contributed by atoms with E-state index in [1.54, 1.807) is 12.5 Å². The average molecular weight is 316 g/mol. The molecule has 1 aliphatic rings. The van der Waals surface area contributed by atoms with Gasteiger partial charge in [-0.1, -0.05) is 18.2 Å². The summed E-state index contributed by atoms with van der Waals surface area (Å²) in [6, 6.07) is 8.19. The zero-order valence-electron chi connectivity index (χ0n) is 12.4. The van der Waals surface area contributed by atoms with E-state index in [9.17, 15) is 4.79 Å². The summed E-state index contributed by atoms with van der Waals surface area (Å²) >= 11 is 0. The van der Waals surface area contributed by atoms with E-state index in [-0.39, 0.29) is 24.1 Å². The quantitative estimate of drug-likeness (QED) is 0.728. The van der Waals surface area contributed by atoms with Gasteiger partial charge in [-0.2, -0.15) is 0 Å². The van der Waals surface area contributed by atoms with Crippen LogP contribution in [-0.4, -0.2) is 19.9 Å². The van der Waals surface area contributed by atoms with Crippen LogP contribution in [0.5, 0.6) is 0 Å². The molecule has 0 amide bonds. The van der Waals surface area contributed by atoms with Crippen molar-refractivity contribution in [2.24, 2.45) is 13.0 Å². The average Bonchev–Trinajstić information content (AvgIpc) is 3.10. The van der Waals surface area contributed by atoms with Gasteiger partial charge >= 0.3 is 0 Å². The van der Waals surface area contributed by atoms with Crippen LogP contribution >= 0.6 is 12.4 Å². The van der Waals surface area contributed by atoms with Gasteiger partial charge in [0.2, 0.25) is 0 Å². The van der Waals surface area contributed by atoms with Crippen molar-refractivity contribution in [1.82, 2.24) is 14.1 Å². The number of rotatable bonds is 2. The third-order valence-electron chi connectivity index (χ3n) is 4.57. The van der Waals surface area contributed by atoms with Crippen LogP contribution in [0.15, 0.2) is 43.0 Å². The van der Waals surface area contributed by atoms with Gasteiger partial charge in [-0.15, -0.1) is 12.4 Å². The zero-order valence-corrected chi connectivity index (χ0v) is 13.2. The smallest absolute Gasteiger partial charge is 0.170 e. The van der Waals surface area contributed by atoms with Crippen molar-refractivity contribution in [3.8, 4) is 0 Å². The normalized spacial score (nSPS) is 17.3. The standard InChI is InChI=1S/C17H17N3O.ClH/c1-19-14-5-3-2-4-13(14)16-15(19)7-6-12(17(16)21)10-20-9-8-18-11-20;/h2-5,8-9,11-12H,6-7,10H2,1H3;1H. The predicted molar refractivity (Wildman–Crippen MR) is 88.5 cm³/mol. The number of aryl methyl sites for hydroxylation is 1. The van der Waals surface area contributed by atoms with Crippen LogP contribution in [0.1, 0.15) is 22.5 Å². The molecule has 1 unspecified atom stereocenters. The Hall–Kier alpha value is -2.07. The Balaban J connectivity index is 0.00000144. The number of para-hydroxylation sites is 1. The Kier molecular flexibility index (Phi) is 3.79. The molecule has 114 valence electrons. The van der Waals surface area contributed by atoms with Gasteiger partial charge in [0.05, 0.1) is 6.33 Å². The lowest BCUT2D eigenvalue weighted by Gasteiger charge is -2.22. The van der Waals surface area contributed by atoms with Gasteiger partial charge in [0.15, 0.2) is 5.78 Å². The molecule has 1 aliphatic carbocycles. The number of hydrogen-bond donors (Lipinski definition) is 0. The lowest BCUT2D eigenvalue weighted by molar-refractivity contribution is 0.0888. The zero-order chi connectivity index (χ0) is 14.4. The molecule has 0 saturated heterocycles. The molecule has 1 atom stereocenters. The van der Waals surface area contributed by atoms with Crippen molar-refractivity contribution in [3.63, 3.8) is 0 Å². The van der Waals surface area contributed by atoms with Crippen LogP contribution in [0, 0.1) is 5.92 Å². The van der Waals surface area contributed by atoms with Gasteiger partial charge in [-0.25, -0.2) is 4.98 Å². The van der Waals surface area contributed by atoms with Crippen LogP contribution < -0.4 is 0 Å². The van der Waals surface area contributed by atoms with Gasteiger partial charge < -0.3 is 9.13 Å². The second kappa shape index (κ2) is 5.61. The highest BCUT2D eigenvalue weighted by Crippen LogP contribution is 2.34. The number of carbonyl (C=O) groups excluding carboxylic acids is 1. The molecule has 4 nitrogen and oxygen atoms in total. The lowest BCUT2D eigenvalue weighted by Crippen LogP contribution is -2.26. The number of imidazole rings is 1. The molecule has 5 heteroatoms. The predicted octanol–water partition coefficient (Wildman–Crippen LogP) is 3.24. The minimum atomic E-state index is 0. The van der Waals surface area contributed by atoms with Gasteiger partial charge in [-0.05, 0) is 18.9 Å². The van der Waals surface area contributed by atoms with E-state index in [4.69, 9.17) is 0 Å². The van der Waals surface area contributed by atoms with Crippen LogP contribution in [0.2, 0.25) is 0 Å². The van der Waals surface area contributed by atoms with E-state index < -0.39 is 0 Å². The van der Waals surface area contributed by atoms with Gasteiger partial charge in [-0.3, -0.25) is 4.79 Å². The molecule has 0 aliphatic heterocycles. The Morgan fingerprint density at radius 3 is 2.91 bits per heavy atom. The Morgan fingerprint density at radius 2 is 2.14 bits per heavy atom. The minimum absolute atomic E-state index is 0. The largest absolute Gasteiger partial charge is 0.347 e. The highest BCUT2D eigenvalue weighted by atomic mass is 35.5. The highest BCUT2D eigenvalue weighted by molar-refractivity contribution is 6.11. The SMILES string of the molecule is Cl.Cn1c2c(c3ccccc31)C(=O)C(Cn1ccnc1)CC2. The van der Waals surface area contributed by atoms with Crippen LogP contribution in [0.3, 0.4) is 0 Å². The second-order valence-corrected chi connectivity index (χ2v) is 5.76. The number of aromatic nitrogens is 3. The highest BCUT2D eigenvalue weighted by Gasteiger charge is 2.31. The van der Waals surface area contributed by atoms with E-state index >= 15 is 0 Å². The summed E-state index contributed by atoms with van der Waals surface area (Å²) in [7, 11) is 2.06. The molecule has 2 heterocycles. The summed E-state index contributed by atoms with van der Waals surface area (Å²) < 4.78 is 4.18. The maximum Gasteiger partial charge on any atom is 0.170 e. The summed E-state index contributed by atoms with van der Waals surface area (Å²) in [4.78, 5) is 17.0. The minimum Gasteiger partial charge on any atom is -0.347 e. The number of nitrogens with zero attached hydrogens (tertiary/aromatic N) is 3. The van der Waals surface area contributed by atoms with E-state index in [2.05, 4.69) is 28.7 Å². The summed E-state index contributed by atoms with van der Waals surface area (Å²) in [6.07, 6.45) is 7.34. The van der Waals surface area contributed by atoms with E-state index in [0.717, 1.165) is 35.9 Å².